The van der Waals surface area contributed by atoms with E-state index in [1.54, 1.807) is 12.1 Å². The number of benzene rings is 2. The van der Waals surface area contributed by atoms with Gasteiger partial charge in [-0.05, 0) is 24.3 Å². The lowest BCUT2D eigenvalue weighted by molar-refractivity contribution is 0.0943. The van der Waals surface area contributed by atoms with Gasteiger partial charge >= 0.3 is 0 Å². The number of hydrazine groups is 1. The summed E-state index contributed by atoms with van der Waals surface area (Å²) in [6.07, 6.45) is 0. The van der Waals surface area contributed by atoms with Crippen molar-refractivity contribution in [2.75, 3.05) is 11.9 Å². The van der Waals surface area contributed by atoms with Gasteiger partial charge in [0, 0.05) is 18.0 Å². The van der Waals surface area contributed by atoms with Crippen molar-refractivity contribution in [3.8, 4) is 0 Å². The van der Waals surface area contributed by atoms with Crippen molar-refractivity contribution >= 4 is 23.1 Å². The molecule has 0 fully saturated rings. The molecule has 0 radical (unpaired) electrons. The lowest BCUT2D eigenvalue weighted by Crippen LogP contribution is -2.45. The molecule has 0 aromatic heterocycles. The summed E-state index contributed by atoms with van der Waals surface area (Å²) in [7, 11) is 0. The van der Waals surface area contributed by atoms with Gasteiger partial charge in [0.2, 0.25) is 0 Å². The summed E-state index contributed by atoms with van der Waals surface area (Å²) in [6.45, 7) is 2.81. The Bertz CT molecular complexity index is 697. The fourth-order valence-corrected chi connectivity index (χ4v) is 2.25. The Labute approximate surface area is 129 Å². The van der Waals surface area contributed by atoms with Gasteiger partial charge in [-0.25, -0.2) is 4.99 Å². The summed E-state index contributed by atoms with van der Waals surface area (Å²) in [6, 6.07) is 16.9. The van der Waals surface area contributed by atoms with Gasteiger partial charge in [-0.2, -0.15) is 0 Å². The normalized spacial score (nSPS) is 16.6. The van der Waals surface area contributed by atoms with E-state index in [0.717, 1.165) is 23.8 Å². The molecule has 3 rings (SSSR count). The number of hydrogen-bond acceptors (Lipinski definition) is 4. The molecule has 0 saturated heterocycles. The van der Waals surface area contributed by atoms with Gasteiger partial charge in [0.05, 0.1) is 11.4 Å². The number of para-hydroxylation sites is 2. The number of carbonyl (C=O) groups is 1. The smallest absolute Gasteiger partial charge is 0.269 e. The number of nitrogens with zero attached hydrogens (tertiary/aromatic N) is 1. The second-order valence-corrected chi connectivity index (χ2v) is 5.24. The van der Waals surface area contributed by atoms with Crippen LogP contribution in [0.3, 0.4) is 0 Å². The van der Waals surface area contributed by atoms with E-state index >= 15 is 0 Å². The molecule has 0 spiro atoms. The van der Waals surface area contributed by atoms with Crippen LogP contribution in [0.1, 0.15) is 17.3 Å². The number of carbonyl (C=O) groups excluding carboxylic acids is 1. The van der Waals surface area contributed by atoms with E-state index in [4.69, 9.17) is 0 Å². The van der Waals surface area contributed by atoms with Crippen molar-refractivity contribution < 1.29 is 4.79 Å². The molecule has 0 aliphatic carbocycles. The van der Waals surface area contributed by atoms with Crippen molar-refractivity contribution in [1.29, 1.82) is 0 Å². The largest absolute Gasteiger partial charge is 0.383 e. The van der Waals surface area contributed by atoms with Crippen molar-refractivity contribution in [3.63, 3.8) is 0 Å². The Morgan fingerprint density at radius 3 is 2.68 bits per heavy atom. The highest BCUT2D eigenvalue weighted by Crippen LogP contribution is 2.27. The van der Waals surface area contributed by atoms with Gasteiger partial charge < -0.3 is 5.32 Å². The number of fused-ring (bicyclic) bond motifs is 1. The number of amidine groups is 1. The molecule has 1 amide bonds. The van der Waals surface area contributed by atoms with Crippen LogP contribution in [-0.2, 0) is 0 Å². The molecule has 0 bridgehead atoms. The van der Waals surface area contributed by atoms with Crippen LogP contribution in [0.2, 0.25) is 0 Å². The van der Waals surface area contributed by atoms with E-state index in [2.05, 4.69) is 28.1 Å². The van der Waals surface area contributed by atoms with Crippen LogP contribution in [0, 0.1) is 5.92 Å². The van der Waals surface area contributed by atoms with E-state index in [0.29, 0.717) is 5.56 Å². The summed E-state index contributed by atoms with van der Waals surface area (Å²) in [5.74, 6) is 0.714. The average molecular weight is 294 g/mol. The zero-order valence-corrected chi connectivity index (χ0v) is 12.3. The standard InChI is InChI=1S/C17H18N4O/c1-12-11-18-14-9-5-6-10-15(14)19-16(12)20-21-17(22)13-7-3-2-4-8-13/h2-10,12,18H,11H2,1H3,(H,19,20)(H,21,22). The third kappa shape index (κ3) is 3.09. The summed E-state index contributed by atoms with van der Waals surface area (Å²) in [5.41, 5.74) is 8.14. The predicted molar refractivity (Wildman–Crippen MR) is 88.2 cm³/mol. The number of hydrogen-bond donors (Lipinski definition) is 3. The molecule has 3 N–H and O–H groups in total. The molecule has 112 valence electrons. The minimum absolute atomic E-state index is 0.156. The maximum absolute atomic E-state index is 12.1. The number of amides is 1. The van der Waals surface area contributed by atoms with Crippen molar-refractivity contribution in [1.82, 2.24) is 10.9 Å². The van der Waals surface area contributed by atoms with Crippen LogP contribution < -0.4 is 16.2 Å². The summed E-state index contributed by atoms with van der Waals surface area (Å²) in [5, 5.41) is 3.36. The molecule has 1 unspecified atom stereocenters. The molecule has 0 saturated carbocycles. The molecule has 5 nitrogen and oxygen atoms in total. The molecule has 22 heavy (non-hydrogen) atoms. The highest BCUT2D eigenvalue weighted by Gasteiger charge is 2.17. The number of aliphatic imine (C=N–C) groups is 1. The van der Waals surface area contributed by atoms with Crippen LogP contribution in [0.15, 0.2) is 59.6 Å². The van der Waals surface area contributed by atoms with Gasteiger partial charge in [0.1, 0.15) is 5.84 Å². The SMILES string of the molecule is CC1CNc2ccccc2N=C1NNC(=O)c1ccccc1. The van der Waals surface area contributed by atoms with Crippen molar-refractivity contribution in [3.05, 3.63) is 60.2 Å². The Hall–Kier alpha value is -2.82. The Morgan fingerprint density at radius 1 is 1.14 bits per heavy atom. The van der Waals surface area contributed by atoms with Gasteiger partial charge in [-0.3, -0.25) is 15.6 Å². The molecule has 2 aromatic carbocycles. The van der Waals surface area contributed by atoms with E-state index in [9.17, 15) is 4.79 Å². The van der Waals surface area contributed by atoms with E-state index in [1.807, 2.05) is 42.5 Å². The second-order valence-electron chi connectivity index (χ2n) is 5.24. The highest BCUT2D eigenvalue weighted by atomic mass is 16.2. The van der Waals surface area contributed by atoms with Crippen molar-refractivity contribution in [2.24, 2.45) is 10.9 Å². The zero-order chi connectivity index (χ0) is 15.4. The molecule has 1 atom stereocenters. The Morgan fingerprint density at radius 2 is 1.86 bits per heavy atom. The van der Waals surface area contributed by atoms with Gasteiger partial charge in [0.25, 0.3) is 5.91 Å². The second kappa shape index (κ2) is 6.30. The molecule has 1 aliphatic rings. The Kier molecular flexibility index (Phi) is 4.05. The lowest BCUT2D eigenvalue weighted by Gasteiger charge is -2.15. The van der Waals surface area contributed by atoms with Gasteiger partial charge in [-0.15, -0.1) is 0 Å². The van der Waals surface area contributed by atoms with Gasteiger partial charge in [0.15, 0.2) is 0 Å². The summed E-state index contributed by atoms with van der Waals surface area (Å²) >= 11 is 0. The van der Waals surface area contributed by atoms with Crippen molar-refractivity contribution in [2.45, 2.75) is 6.92 Å². The lowest BCUT2D eigenvalue weighted by atomic mass is 10.1. The maximum Gasteiger partial charge on any atom is 0.269 e. The molecule has 1 heterocycles. The zero-order valence-electron chi connectivity index (χ0n) is 12.3. The number of anilines is 1. The molecule has 2 aromatic rings. The van der Waals surface area contributed by atoms with Gasteiger partial charge in [-0.1, -0.05) is 37.3 Å². The molecular weight excluding hydrogens is 276 g/mol. The van der Waals surface area contributed by atoms with Crippen LogP contribution >= 0.6 is 0 Å². The first-order valence-electron chi connectivity index (χ1n) is 7.27. The molecule has 5 heteroatoms. The fraction of sp³-hybridized carbons (Fsp3) is 0.176. The van der Waals surface area contributed by atoms with Crippen LogP contribution in [-0.4, -0.2) is 18.3 Å². The number of rotatable bonds is 1. The van der Waals surface area contributed by atoms with Crippen LogP contribution in [0.5, 0.6) is 0 Å². The van der Waals surface area contributed by atoms with Crippen LogP contribution in [0.4, 0.5) is 11.4 Å². The van der Waals surface area contributed by atoms with E-state index in [-0.39, 0.29) is 11.8 Å². The summed E-state index contributed by atoms with van der Waals surface area (Å²) in [4.78, 5) is 16.7. The predicted octanol–water partition coefficient (Wildman–Crippen LogP) is 2.71. The third-order valence-electron chi connectivity index (χ3n) is 3.55. The number of nitrogens with one attached hydrogen (secondary N) is 3. The first-order valence-corrected chi connectivity index (χ1v) is 7.27. The maximum atomic E-state index is 12.1. The minimum atomic E-state index is -0.180. The van der Waals surface area contributed by atoms with E-state index < -0.39 is 0 Å². The highest BCUT2D eigenvalue weighted by molar-refractivity contribution is 5.97. The third-order valence-corrected chi connectivity index (χ3v) is 3.55. The summed E-state index contributed by atoms with van der Waals surface area (Å²) < 4.78 is 0. The minimum Gasteiger partial charge on any atom is -0.383 e. The fourth-order valence-electron chi connectivity index (χ4n) is 2.25. The van der Waals surface area contributed by atoms with Crippen LogP contribution in [0.25, 0.3) is 0 Å². The Balaban J connectivity index is 1.74. The average Bonchev–Trinajstić information content (AvgIpc) is 2.73. The van der Waals surface area contributed by atoms with E-state index in [1.165, 1.54) is 0 Å². The molecule has 1 aliphatic heterocycles. The monoisotopic (exact) mass is 294 g/mol. The molecular formula is C17H18N4O. The topological polar surface area (TPSA) is 65.5 Å². The first-order chi connectivity index (χ1) is 10.7. The first kappa shape index (κ1) is 14.1. The quantitative estimate of drug-likeness (QED) is 0.709.